The standard InChI is InChI=1S/C21H44O2Si/c1-5-6-7-8-9-10-12-15-18-21(23-24(2,3)4)19-16-13-11-14-17-20-22/h16,19,21-22H,5-15,17-18,20H2,1-4H3/b19-16+. The van der Waals surface area contributed by atoms with Crippen LogP contribution in [0.3, 0.4) is 0 Å². The van der Waals surface area contributed by atoms with Crippen molar-refractivity contribution in [1.29, 1.82) is 0 Å². The van der Waals surface area contributed by atoms with Crippen molar-refractivity contribution in [2.45, 2.75) is 116 Å². The summed E-state index contributed by atoms with van der Waals surface area (Å²) in [4.78, 5) is 0. The summed E-state index contributed by atoms with van der Waals surface area (Å²) in [5.41, 5.74) is 0. The first kappa shape index (κ1) is 23.9. The molecule has 0 heterocycles. The molecule has 1 N–H and O–H groups in total. The van der Waals surface area contributed by atoms with Gasteiger partial charge in [-0.1, -0.05) is 76.9 Å². The second kappa shape index (κ2) is 16.4. The first-order chi connectivity index (χ1) is 11.5. The van der Waals surface area contributed by atoms with Crippen molar-refractivity contribution in [1.82, 2.24) is 0 Å². The van der Waals surface area contributed by atoms with Gasteiger partial charge in [-0.3, -0.25) is 0 Å². The highest BCUT2D eigenvalue weighted by Crippen LogP contribution is 2.17. The molecule has 0 rings (SSSR count). The summed E-state index contributed by atoms with van der Waals surface area (Å²) in [7, 11) is -1.48. The van der Waals surface area contributed by atoms with Gasteiger partial charge in [0, 0.05) is 6.61 Å². The lowest BCUT2D eigenvalue weighted by Gasteiger charge is -2.24. The summed E-state index contributed by atoms with van der Waals surface area (Å²) >= 11 is 0. The Bertz CT molecular complexity index is 284. The van der Waals surface area contributed by atoms with Gasteiger partial charge in [0.05, 0.1) is 6.10 Å². The quantitative estimate of drug-likeness (QED) is 0.175. The maximum Gasteiger partial charge on any atom is 0.184 e. The molecule has 1 unspecified atom stereocenters. The van der Waals surface area contributed by atoms with Crippen LogP contribution in [0.2, 0.25) is 19.6 Å². The van der Waals surface area contributed by atoms with Crippen LogP contribution < -0.4 is 0 Å². The van der Waals surface area contributed by atoms with Crippen LogP contribution in [0, 0.1) is 0 Å². The first-order valence-corrected chi connectivity index (χ1v) is 13.9. The number of aliphatic hydroxyl groups excluding tert-OH is 1. The molecule has 0 amide bonds. The maximum atomic E-state index is 8.81. The molecule has 0 aliphatic carbocycles. The van der Waals surface area contributed by atoms with E-state index in [-0.39, 0.29) is 0 Å². The van der Waals surface area contributed by atoms with E-state index in [1.807, 2.05) is 0 Å². The van der Waals surface area contributed by atoms with Gasteiger partial charge in [-0.25, -0.2) is 0 Å². The van der Waals surface area contributed by atoms with E-state index in [1.165, 1.54) is 64.2 Å². The average Bonchev–Trinajstić information content (AvgIpc) is 2.51. The topological polar surface area (TPSA) is 29.5 Å². The zero-order valence-corrected chi connectivity index (χ0v) is 18.0. The summed E-state index contributed by atoms with van der Waals surface area (Å²) < 4.78 is 6.34. The smallest absolute Gasteiger partial charge is 0.184 e. The molecule has 144 valence electrons. The third kappa shape index (κ3) is 18.2. The first-order valence-electron chi connectivity index (χ1n) is 10.4. The van der Waals surface area contributed by atoms with Crippen LogP contribution in [-0.2, 0) is 4.43 Å². The van der Waals surface area contributed by atoms with E-state index < -0.39 is 8.32 Å². The fourth-order valence-electron chi connectivity index (χ4n) is 2.93. The van der Waals surface area contributed by atoms with Gasteiger partial charge in [0.15, 0.2) is 8.32 Å². The molecule has 24 heavy (non-hydrogen) atoms. The lowest BCUT2D eigenvalue weighted by Crippen LogP contribution is -2.31. The van der Waals surface area contributed by atoms with Gasteiger partial charge < -0.3 is 9.53 Å². The molecule has 0 aromatic rings. The Morgan fingerprint density at radius 2 is 1.42 bits per heavy atom. The molecule has 0 aliphatic heterocycles. The Morgan fingerprint density at radius 1 is 0.833 bits per heavy atom. The molecule has 0 fully saturated rings. The second-order valence-corrected chi connectivity index (χ2v) is 12.5. The van der Waals surface area contributed by atoms with Gasteiger partial charge in [0.25, 0.3) is 0 Å². The third-order valence-corrected chi connectivity index (χ3v) is 5.24. The van der Waals surface area contributed by atoms with E-state index in [4.69, 9.17) is 9.53 Å². The fourth-order valence-corrected chi connectivity index (χ4v) is 4.03. The van der Waals surface area contributed by atoms with Crippen LogP contribution in [0.5, 0.6) is 0 Å². The zero-order valence-electron chi connectivity index (χ0n) is 17.0. The van der Waals surface area contributed by atoms with Crippen molar-refractivity contribution in [3.8, 4) is 0 Å². The van der Waals surface area contributed by atoms with E-state index in [1.54, 1.807) is 0 Å². The highest BCUT2D eigenvalue weighted by Gasteiger charge is 2.19. The van der Waals surface area contributed by atoms with E-state index in [0.717, 1.165) is 19.3 Å². The number of hydrogen-bond acceptors (Lipinski definition) is 2. The van der Waals surface area contributed by atoms with Gasteiger partial charge >= 0.3 is 0 Å². The molecule has 0 radical (unpaired) electrons. The maximum absolute atomic E-state index is 8.81. The molecule has 0 saturated heterocycles. The van der Waals surface area contributed by atoms with Gasteiger partial charge in [-0.15, -0.1) is 0 Å². The summed E-state index contributed by atoms with van der Waals surface area (Å²) in [5, 5.41) is 8.81. The molecule has 3 heteroatoms. The van der Waals surface area contributed by atoms with Crippen molar-refractivity contribution >= 4 is 8.32 Å². The fraction of sp³-hybridized carbons (Fsp3) is 0.905. The Labute approximate surface area is 153 Å². The predicted octanol–water partition coefficient (Wildman–Crippen LogP) is 6.85. The number of unbranched alkanes of at least 4 members (excludes halogenated alkanes) is 10. The number of aliphatic hydroxyl groups is 1. The van der Waals surface area contributed by atoms with Crippen LogP contribution in [0.1, 0.15) is 90.4 Å². The van der Waals surface area contributed by atoms with Gasteiger partial charge in [0.1, 0.15) is 0 Å². The molecule has 1 atom stereocenters. The minimum atomic E-state index is -1.48. The lowest BCUT2D eigenvalue weighted by atomic mass is 10.1. The van der Waals surface area contributed by atoms with Crippen molar-refractivity contribution in [3.63, 3.8) is 0 Å². The molecular weight excluding hydrogens is 312 g/mol. The minimum Gasteiger partial charge on any atom is -0.411 e. The minimum absolute atomic E-state index is 0.314. The number of hydrogen-bond donors (Lipinski definition) is 1. The zero-order chi connectivity index (χ0) is 18.1. The van der Waals surface area contributed by atoms with Crippen molar-refractivity contribution in [2.24, 2.45) is 0 Å². The summed E-state index contributed by atoms with van der Waals surface area (Å²) in [6, 6.07) is 0. The van der Waals surface area contributed by atoms with Gasteiger partial charge in [-0.2, -0.15) is 0 Å². The molecule has 2 nitrogen and oxygen atoms in total. The summed E-state index contributed by atoms with van der Waals surface area (Å²) in [6.45, 7) is 9.44. The molecule has 0 aliphatic rings. The predicted molar refractivity (Wildman–Crippen MR) is 110 cm³/mol. The highest BCUT2D eigenvalue weighted by molar-refractivity contribution is 6.69. The number of allylic oxidation sites excluding steroid dienone is 1. The molecule has 0 spiro atoms. The van der Waals surface area contributed by atoms with E-state index in [9.17, 15) is 0 Å². The number of rotatable bonds is 17. The second-order valence-electron chi connectivity index (χ2n) is 8.03. The Kier molecular flexibility index (Phi) is 16.3. The molecule has 0 aromatic heterocycles. The van der Waals surface area contributed by atoms with Gasteiger partial charge in [0.2, 0.25) is 0 Å². The monoisotopic (exact) mass is 356 g/mol. The van der Waals surface area contributed by atoms with Crippen molar-refractivity contribution in [3.05, 3.63) is 12.2 Å². The van der Waals surface area contributed by atoms with E-state index in [0.29, 0.717) is 12.7 Å². The molecule has 0 bridgehead atoms. The van der Waals surface area contributed by atoms with Crippen LogP contribution in [-0.4, -0.2) is 26.1 Å². The SMILES string of the molecule is CCCCCCCCCCC(/C=C/CCCCCO)O[Si](C)(C)C. The van der Waals surface area contributed by atoms with E-state index >= 15 is 0 Å². The Balaban J connectivity index is 3.89. The largest absolute Gasteiger partial charge is 0.411 e. The van der Waals surface area contributed by atoms with Crippen LogP contribution in [0.15, 0.2) is 12.2 Å². The molecule has 0 aromatic carbocycles. The highest BCUT2D eigenvalue weighted by atomic mass is 28.4. The lowest BCUT2D eigenvalue weighted by molar-refractivity contribution is 0.226. The van der Waals surface area contributed by atoms with Crippen LogP contribution in [0.4, 0.5) is 0 Å². The summed E-state index contributed by atoms with van der Waals surface area (Å²) in [6.07, 6.45) is 21.4. The van der Waals surface area contributed by atoms with Gasteiger partial charge in [-0.05, 0) is 45.3 Å². The Hall–Kier alpha value is -0.123. The summed E-state index contributed by atoms with van der Waals surface area (Å²) in [5.74, 6) is 0. The molecular formula is C21H44O2Si. The normalized spacial score (nSPS) is 13.7. The van der Waals surface area contributed by atoms with Crippen molar-refractivity contribution < 1.29 is 9.53 Å². The Morgan fingerprint density at radius 3 is 2.00 bits per heavy atom. The van der Waals surface area contributed by atoms with Crippen LogP contribution in [0.25, 0.3) is 0 Å². The van der Waals surface area contributed by atoms with Crippen molar-refractivity contribution in [2.75, 3.05) is 6.61 Å². The average molecular weight is 357 g/mol. The van der Waals surface area contributed by atoms with E-state index in [2.05, 4.69) is 38.7 Å². The third-order valence-electron chi connectivity index (χ3n) is 4.23. The van der Waals surface area contributed by atoms with Crippen LogP contribution >= 0.6 is 0 Å². The molecule has 0 saturated carbocycles.